The van der Waals surface area contributed by atoms with Crippen LogP contribution in [0.2, 0.25) is 0 Å². The third-order valence-corrected chi connectivity index (χ3v) is 2.78. The molecule has 2 heteroatoms. The average molecular weight is 184 g/mol. The predicted octanol–water partition coefficient (Wildman–Crippen LogP) is 2.01. The molecule has 0 atom stereocenters. The minimum absolute atomic E-state index is 0.00116. The van der Waals surface area contributed by atoms with Crippen molar-refractivity contribution in [3.8, 4) is 0 Å². The molecule has 1 aliphatic rings. The van der Waals surface area contributed by atoms with Gasteiger partial charge in [0.05, 0.1) is 12.2 Å². The van der Waals surface area contributed by atoms with Crippen LogP contribution in [0, 0.1) is 0 Å². The zero-order chi connectivity index (χ0) is 9.90. The molecule has 0 unspecified atom stereocenters. The molecule has 0 aliphatic heterocycles. The van der Waals surface area contributed by atoms with E-state index >= 15 is 0 Å². The summed E-state index contributed by atoms with van der Waals surface area (Å²) < 4.78 is 0. The van der Waals surface area contributed by atoms with Crippen LogP contribution >= 0.6 is 0 Å². The molecule has 1 saturated carbocycles. The Kier molecular flexibility index (Phi) is 3.51. The van der Waals surface area contributed by atoms with E-state index in [1.54, 1.807) is 13.8 Å². The van der Waals surface area contributed by atoms with Crippen molar-refractivity contribution >= 4 is 0 Å². The van der Waals surface area contributed by atoms with Gasteiger partial charge < -0.3 is 10.2 Å². The van der Waals surface area contributed by atoms with Crippen molar-refractivity contribution in [1.82, 2.24) is 0 Å². The fourth-order valence-corrected chi connectivity index (χ4v) is 2.02. The fraction of sp³-hybridized carbons (Fsp3) is 0.818. The molecule has 0 amide bonds. The lowest BCUT2D eigenvalue weighted by Gasteiger charge is -2.26. The molecule has 76 valence electrons. The van der Waals surface area contributed by atoms with Crippen molar-refractivity contribution in [2.45, 2.75) is 51.6 Å². The van der Waals surface area contributed by atoms with Crippen molar-refractivity contribution < 1.29 is 10.2 Å². The molecular weight excluding hydrogens is 164 g/mol. The second kappa shape index (κ2) is 4.25. The van der Waals surface area contributed by atoms with Gasteiger partial charge in [-0.2, -0.15) is 0 Å². The summed E-state index contributed by atoms with van der Waals surface area (Å²) in [5.41, 5.74) is 1.27. The van der Waals surface area contributed by atoms with E-state index in [1.807, 2.05) is 0 Å². The molecule has 0 aromatic carbocycles. The molecule has 0 aromatic rings. The van der Waals surface area contributed by atoms with Gasteiger partial charge in [-0.05, 0) is 45.1 Å². The Balaban J connectivity index is 2.82. The van der Waals surface area contributed by atoms with Gasteiger partial charge in [-0.1, -0.05) is 12.0 Å². The van der Waals surface area contributed by atoms with Crippen LogP contribution in [0.3, 0.4) is 0 Å². The van der Waals surface area contributed by atoms with E-state index in [9.17, 15) is 10.2 Å². The van der Waals surface area contributed by atoms with Gasteiger partial charge in [0.15, 0.2) is 0 Å². The van der Waals surface area contributed by atoms with Crippen LogP contribution in [0.15, 0.2) is 11.1 Å². The van der Waals surface area contributed by atoms with Gasteiger partial charge in [0.2, 0.25) is 0 Å². The Morgan fingerprint density at radius 1 is 1.23 bits per heavy atom. The minimum atomic E-state index is -0.846. The number of allylic oxidation sites excluding steroid dienone is 1. The highest BCUT2D eigenvalue weighted by Crippen LogP contribution is 2.30. The summed E-state index contributed by atoms with van der Waals surface area (Å²) in [5.74, 6) is 0. The summed E-state index contributed by atoms with van der Waals surface area (Å²) >= 11 is 0. The van der Waals surface area contributed by atoms with Gasteiger partial charge in [-0.25, -0.2) is 0 Å². The lowest BCUT2D eigenvalue weighted by Crippen LogP contribution is -2.26. The summed E-state index contributed by atoms with van der Waals surface area (Å²) in [6.45, 7) is 3.50. The standard InChI is InChI=1S/C11H20O2/c1-11(2,13)10(8-12)9-6-4-3-5-7-9/h12-13H,3-8H2,1-2H3. The summed E-state index contributed by atoms with van der Waals surface area (Å²) in [6.07, 6.45) is 5.80. The van der Waals surface area contributed by atoms with Crippen molar-refractivity contribution in [1.29, 1.82) is 0 Å². The minimum Gasteiger partial charge on any atom is -0.392 e. The molecule has 13 heavy (non-hydrogen) atoms. The first kappa shape index (κ1) is 10.7. The summed E-state index contributed by atoms with van der Waals surface area (Å²) in [5, 5.41) is 19.0. The third-order valence-electron chi connectivity index (χ3n) is 2.78. The van der Waals surface area contributed by atoms with Gasteiger partial charge in [0.1, 0.15) is 0 Å². The zero-order valence-electron chi connectivity index (χ0n) is 8.64. The highest BCUT2D eigenvalue weighted by atomic mass is 16.3. The van der Waals surface area contributed by atoms with Gasteiger partial charge in [0, 0.05) is 0 Å². The second-order valence-corrected chi connectivity index (χ2v) is 4.36. The molecule has 2 nitrogen and oxygen atoms in total. The van der Waals surface area contributed by atoms with Gasteiger partial charge >= 0.3 is 0 Å². The quantitative estimate of drug-likeness (QED) is 0.644. The normalized spacial score (nSPS) is 18.9. The van der Waals surface area contributed by atoms with Crippen LogP contribution < -0.4 is 0 Å². The maximum Gasteiger partial charge on any atom is 0.0825 e. The molecule has 0 spiro atoms. The third kappa shape index (κ3) is 2.82. The van der Waals surface area contributed by atoms with E-state index in [0.29, 0.717) is 0 Å². The Morgan fingerprint density at radius 2 is 1.77 bits per heavy atom. The molecule has 0 saturated heterocycles. The highest BCUT2D eigenvalue weighted by Gasteiger charge is 2.23. The zero-order valence-corrected chi connectivity index (χ0v) is 8.64. The SMILES string of the molecule is CC(C)(O)C(CO)=C1CCCCC1. The maximum atomic E-state index is 9.81. The number of hydrogen-bond donors (Lipinski definition) is 2. The molecule has 0 radical (unpaired) electrons. The maximum absolute atomic E-state index is 9.81. The van der Waals surface area contributed by atoms with E-state index in [1.165, 1.54) is 24.8 Å². The van der Waals surface area contributed by atoms with Crippen molar-refractivity contribution in [2.75, 3.05) is 6.61 Å². The Bertz CT molecular complexity index is 191. The first-order chi connectivity index (χ1) is 6.05. The van der Waals surface area contributed by atoms with Crippen LogP contribution in [0.4, 0.5) is 0 Å². The largest absolute Gasteiger partial charge is 0.392 e. The molecule has 0 bridgehead atoms. The second-order valence-electron chi connectivity index (χ2n) is 4.36. The first-order valence-electron chi connectivity index (χ1n) is 5.10. The first-order valence-corrected chi connectivity index (χ1v) is 5.10. The van der Waals surface area contributed by atoms with E-state index in [4.69, 9.17) is 0 Å². The molecular formula is C11H20O2. The number of rotatable bonds is 2. The Hall–Kier alpha value is -0.340. The van der Waals surface area contributed by atoms with E-state index in [-0.39, 0.29) is 6.61 Å². The lowest BCUT2D eigenvalue weighted by atomic mass is 9.85. The summed E-state index contributed by atoms with van der Waals surface area (Å²) in [6, 6.07) is 0. The molecule has 1 fully saturated rings. The van der Waals surface area contributed by atoms with Crippen LogP contribution in [0.1, 0.15) is 46.0 Å². The molecule has 2 N–H and O–H groups in total. The highest BCUT2D eigenvalue weighted by molar-refractivity contribution is 5.23. The summed E-state index contributed by atoms with van der Waals surface area (Å²) in [4.78, 5) is 0. The monoisotopic (exact) mass is 184 g/mol. The summed E-state index contributed by atoms with van der Waals surface area (Å²) in [7, 11) is 0. The van der Waals surface area contributed by atoms with E-state index in [2.05, 4.69) is 0 Å². The number of aliphatic hydroxyl groups is 2. The predicted molar refractivity (Wildman–Crippen MR) is 53.5 cm³/mol. The van der Waals surface area contributed by atoms with Crippen LogP contribution in [-0.2, 0) is 0 Å². The van der Waals surface area contributed by atoms with Gasteiger partial charge in [-0.3, -0.25) is 0 Å². The topological polar surface area (TPSA) is 40.5 Å². The molecule has 1 aliphatic carbocycles. The smallest absolute Gasteiger partial charge is 0.0825 e. The van der Waals surface area contributed by atoms with E-state index in [0.717, 1.165) is 18.4 Å². The van der Waals surface area contributed by atoms with Crippen LogP contribution in [-0.4, -0.2) is 22.4 Å². The Labute approximate surface area is 80.3 Å². The molecule has 1 rings (SSSR count). The van der Waals surface area contributed by atoms with Gasteiger partial charge in [0.25, 0.3) is 0 Å². The van der Waals surface area contributed by atoms with Crippen LogP contribution in [0.25, 0.3) is 0 Å². The van der Waals surface area contributed by atoms with Crippen molar-refractivity contribution in [3.05, 3.63) is 11.1 Å². The average Bonchev–Trinajstić information content (AvgIpc) is 2.05. The van der Waals surface area contributed by atoms with Crippen molar-refractivity contribution in [3.63, 3.8) is 0 Å². The fourth-order valence-electron chi connectivity index (χ4n) is 2.02. The van der Waals surface area contributed by atoms with Gasteiger partial charge in [-0.15, -0.1) is 0 Å². The molecule has 0 heterocycles. The number of aliphatic hydroxyl groups excluding tert-OH is 1. The lowest BCUT2D eigenvalue weighted by molar-refractivity contribution is 0.102. The van der Waals surface area contributed by atoms with E-state index < -0.39 is 5.60 Å². The van der Waals surface area contributed by atoms with Crippen molar-refractivity contribution in [2.24, 2.45) is 0 Å². The number of hydrogen-bond acceptors (Lipinski definition) is 2. The van der Waals surface area contributed by atoms with Crippen LogP contribution in [0.5, 0.6) is 0 Å². The Morgan fingerprint density at radius 3 is 2.15 bits per heavy atom. The molecule has 0 aromatic heterocycles.